The van der Waals surface area contributed by atoms with Gasteiger partial charge in [0.1, 0.15) is 5.82 Å². The molecule has 126 valence electrons. The van der Waals surface area contributed by atoms with Gasteiger partial charge < -0.3 is 0 Å². The van der Waals surface area contributed by atoms with Crippen LogP contribution in [0.15, 0.2) is 47.4 Å². The highest BCUT2D eigenvalue weighted by atomic mass is 32.2. The third-order valence-corrected chi connectivity index (χ3v) is 6.99. The van der Waals surface area contributed by atoms with Crippen molar-refractivity contribution < 1.29 is 12.8 Å². The van der Waals surface area contributed by atoms with Gasteiger partial charge in [0.2, 0.25) is 10.0 Å². The number of hydrogen-bond acceptors (Lipinski definition) is 2. The number of hydrogen-bond donors (Lipinski definition) is 0. The summed E-state index contributed by atoms with van der Waals surface area (Å²) >= 11 is 0. The molecule has 0 amide bonds. The Kier molecular flexibility index (Phi) is 3.73. The van der Waals surface area contributed by atoms with E-state index in [2.05, 4.69) is 6.07 Å². The van der Waals surface area contributed by atoms with Crippen LogP contribution < -0.4 is 0 Å². The van der Waals surface area contributed by atoms with Gasteiger partial charge in [-0.15, -0.1) is 0 Å². The van der Waals surface area contributed by atoms with Gasteiger partial charge in [0.05, 0.1) is 10.9 Å². The summed E-state index contributed by atoms with van der Waals surface area (Å²) in [7, 11) is -3.71. The molecule has 1 atom stereocenters. The zero-order valence-corrected chi connectivity index (χ0v) is 14.4. The highest BCUT2D eigenvalue weighted by Crippen LogP contribution is 2.44. The fourth-order valence-electron chi connectivity index (χ4n) is 3.60. The quantitative estimate of drug-likeness (QED) is 0.841. The third-order valence-electron chi connectivity index (χ3n) is 5.03. The van der Waals surface area contributed by atoms with E-state index in [9.17, 15) is 12.8 Å². The Morgan fingerprint density at radius 3 is 2.54 bits per heavy atom. The van der Waals surface area contributed by atoms with Gasteiger partial charge in [-0.2, -0.15) is 4.31 Å². The van der Waals surface area contributed by atoms with Gasteiger partial charge in [-0.05, 0) is 61.4 Å². The Balaban J connectivity index is 1.77. The number of benzene rings is 2. The molecular formula is C19H20FNO2S. The number of rotatable bonds is 4. The largest absolute Gasteiger partial charge is 0.243 e. The number of aryl methyl sites for hydroxylation is 2. The van der Waals surface area contributed by atoms with Gasteiger partial charge in [-0.25, -0.2) is 12.8 Å². The molecule has 0 spiro atoms. The van der Waals surface area contributed by atoms with Crippen molar-refractivity contribution in [2.24, 2.45) is 0 Å². The molecule has 24 heavy (non-hydrogen) atoms. The molecule has 5 heteroatoms. The maximum atomic E-state index is 13.9. The van der Waals surface area contributed by atoms with E-state index >= 15 is 0 Å². The normalized spacial score (nSPS) is 20.4. The number of fused-ring (bicyclic) bond motifs is 1. The maximum Gasteiger partial charge on any atom is 0.243 e. The second kappa shape index (κ2) is 5.67. The lowest BCUT2D eigenvalue weighted by Gasteiger charge is -2.29. The number of nitrogens with zero attached hydrogens (tertiary/aromatic N) is 1. The van der Waals surface area contributed by atoms with Crippen molar-refractivity contribution in [2.45, 2.75) is 49.6 Å². The van der Waals surface area contributed by atoms with Crippen LogP contribution in [0.25, 0.3) is 0 Å². The Bertz CT molecular complexity index is 890. The summed E-state index contributed by atoms with van der Waals surface area (Å²) in [4.78, 5) is 0.0573. The molecule has 1 saturated carbocycles. The van der Waals surface area contributed by atoms with Gasteiger partial charge in [0, 0.05) is 6.04 Å². The molecule has 3 nitrogen and oxygen atoms in total. The van der Waals surface area contributed by atoms with Crippen LogP contribution in [0.5, 0.6) is 0 Å². The monoisotopic (exact) mass is 345 g/mol. The smallest absolute Gasteiger partial charge is 0.207 e. The average molecular weight is 345 g/mol. The Labute approximate surface area is 142 Å². The second-order valence-electron chi connectivity index (χ2n) is 6.73. The van der Waals surface area contributed by atoms with Crippen LogP contribution >= 0.6 is 0 Å². The van der Waals surface area contributed by atoms with E-state index in [1.807, 2.05) is 18.2 Å². The van der Waals surface area contributed by atoms with Gasteiger partial charge in [0.25, 0.3) is 0 Å². The molecule has 4 rings (SSSR count). The van der Waals surface area contributed by atoms with Crippen molar-refractivity contribution >= 4 is 10.0 Å². The summed E-state index contributed by atoms with van der Waals surface area (Å²) in [6, 6.07) is 12.2. The van der Waals surface area contributed by atoms with Gasteiger partial charge in [-0.3, -0.25) is 0 Å². The van der Waals surface area contributed by atoms with Crippen LogP contribution in [0.2, 0.25) is 0 Å². The zero-order valence-electron chi connectivity index (χ0n) is 13.6. The lowest BCUT2D eigenvalue weighted by Crippen LogP contribution is -2.36. The Hall–Kier alpha value is -1.72. The van der Waals surface area contributed by atoms with E-state index in [1.54, 1.807) is 11.2 Å². The molecule has 0 unspecified atom stereocenters. The molecule has 0 aromatic heterocycles. The van der Waals surface area contributed by atoms with Crippen LogP contribution in [-0.2, 0) is 16.4 Å². The first-order chi connectivity index (χ1) is 11.5. The average Bonchev–Trinajstić information content (AvgIpc) is 3.30. The minimum atomic E-state index is -3.71. The highest BCUT2D eigenvalue weighted by molar-refractivity contribution is 7.89. The molecule has 1 fully saturated rings. The lowest BCUT2D eigenvalue weighted by atomic mass is 10.1. The molecule has 0 heterocycles. The Morgan fingerprint density at radius 1 is 1.08 bits per heavy atom. The first-order valence-electron chi connectivity index (χ1n) is 8.36. The maximum absolute atomic E-state index is 13.9. The van der Waals surface area contributed by atoms with Crippen LogP contribution in [0.1, 0.15) is 42.0 Å². The second-order valence-corrected chi connectivity index (χ2v) is 8.57. The zero-order chi connectivity index (χ0) is 16.9. The number of sulfonamides is 1. The van der Waals surface area contributed by atoms with E-state index in [0.29, 0.717) is 5.56 Å². The summed E-state index contributed by atoms with van der Waals surface area (Å²) in [5, 5.41) is 0. The fraction of sp³-hybridized carbons (Fsp3) is 0.368. The van der Waals surface area contributed by atoms with Crippen molar-refractivity contribution in [1.29, 1.82) is 0 Å². The molecule has 0 saturated heterocycles. The first-order valence-corrected chi connectivity index (χ1v) is 9.80. The summed E-state index contributed by atoms with van der Waals surface area (Å²) in [5.41, 5.74) is 2.78. The van der Waals surface area contributed by atoms with Crippen LogP contribution in [-0.4, -0.2) is 18.8 Å². The molecule has 0 radical (unpaired) electrons. The minimum absolute atomic E-state index is 0.0375. The van der Waals surface area contributed by atoms with Crippen LogP contribution in [0, 0.1) is 12.7 Å². The van der Waals surface area contributed by atoms with Crippen molar-refractivity contribution in [2.75, 3.05) is 0 Å². The van der Waals surface area contributed by atoms with Gasteiger partial charge in [-0.1, -0.05) is 30.3 Å². The van der Waals surface area contributed by atoms with Gasteiger partial charge >= 0.3 is 0 Å². The van der Waals surface area contributed by atoms with Crippen LogP contribution in [0.3, 0.4) is 0 Å². The van der Waals surface area contributed by atoms with E-state index in [0.717, 1.165) is 37.3 Å². The van der Waals surface area contributed by atoms with E-state index in [4.69, 9.17) is 0 Å². The molecule has 2 aliphatic rings. The SMILES string of the molecule is Cc1ccc(S(=O)(=O)N(C2CC2)[C@@H]2CCc3ccccc32)cc1F. The van der Waals surface area contributed by atoms with E-state index in [1.165, 1.54) is 17.7 Å². The third kappa shape index (κ3) is 2.56. The predicted molar refractivity (Wildman–Crippen MR) is 90.7 cm³/mol. The predicted octanol–water partition coefficient (Wildman–Crippen LogP) is 3.97. The number of halogens is 1. The highest BCUT2D eigenvalue weighted by Gasteiger charge is 2.44. The topological polar surface area (TPSA) is 37.4 Å². The molecule has 2 aromatic rings. The summed E-state index contributed by atoms with van der Waals surface area (Å²) in [6.45, 7) is 1.64. The van der Waals surface area contributed by atoms with Gasteiger partial charge in [0.15, 0.2) is 0 Å². The van der Waals surface area contributed by atoms with Crippen LogP contribution in [0.4, 0.5) is 4.39 Å². The summed E-state index contributed by atoms with van der Waals surface area (Å²) < 4.78 is 42.0. The Morgan fingerprint density at radius 2 is 1.83 bits per heavy atom. The minimum Gasteiger partial charge on any atom is -0.207 e. The lowest BCUT2D eigenvalue weighted by molar-refractivity contribution is 0.314. The van der Waals surface area contributed by atoms with Crippen molar-refractivity contribution in [3.05, 3.63) is 65.0 Å². The van der Waals surface area contributed by atoms with Crippen molar-refractivity contribution in [3.8, 4) is 0 Å². The fourth-order valence-corrected chi connectivity index (χ4v) is 5.50. The van der Waals surface area contributed by atoms with Crippen molar-refractivity contribution in [1.82, 2.24) is 4.31 Å². The van der Waals surface area contributed by atoms with Crippen molar-refractivity contribution in [3.63, 3.8) is 0 Å². The summed E-state index contributed by atoms with van der Waals surface area (Å²) in [5.74, 6) is -0.473. The molecule has 0 N–H and O–H groups in total. The van der Waals surface area contributed by atoms with E-state index in [-0.39, 0.29) is 17.0 Å². The summed E-state index contributed by atoms with van der Waals surface area (Å²) in [6.07, 6.45) is 3.45. The first kappa shape index (κ1) is 15.8. The standard InChI is InChI=1S/C19H20FNO2S/c1-13-6-10-16(12-18(13)20)24(22,23)21(15-8-9-15)19-11-7-14-4-2-3-5-17(14)19/h2-6,10,12,15,19H,7-9,11H2,1H3/t19-/m1/s1. The molecule has 0 bridgehead atoms. The molecule has 2 aromatic carbocycles. The molecule has 0 aliphatic heterocycles. The molecule has 2 aliphatic carbocycles. The molecular weight excluding hydrogens is 325 g/mol. The van der Waals surface area contributed by atoms with E-state index < -0.39 is 15.8 Å².